The fourth-order valence-electron chi connectivity index (χ4n) is 4.59. The van der Waals surface area contributed by atoms with E-state index in [1.165, 1.54) is 0 Å². The van der Waals surface area contributed by atoms with E-state index in [2.05, 4.69) is 5.32 Å². The molecule has 0 unspecified atom stereocenters. The minimum atomic E-state index is -0.335. The SMILES string of the molecule is COc1ccc(CCN(Cc2ccc(C)o2)C(=O)CN(C[C@@H]2CCCO2)C(=O)Nc2ccccc2)cc1OC. The van der Waals surface area contributed by atoms with E-state index in [4.69, 9.17) is 18.6 Å². The van der Waals surface area contributed by atoms with Crippen LogP contribution in [-0.2, 0) is 22.5 Å². The summed E-state index contributed by atoms with van der Waals surface area (Å²) in [5, 5.41) is 2.91. The number of anilines is 1. The quantitative estimate of drug-likeness (QED) is 0.355. The smallest absolute Gasteiger partial charge is 0.322 e. The Hall–Kier alpha value is -3.98. The van der Waals surface area contributed by atoms with Crippen molar-refractivity contribution >= 4 is 17.6 Å². The molecule has 0 bridgehead atoms. The normalized spacial score (nSPS) is 14.6. The zero-order valence-corrected chi connectivity index (χ0v) is 22.9. The van der Waals surface area contributed by atoms with Crippen molar-refractivity contribution < 1.29 is 28.2 Å². The number of ether oxygens (including phenoxy) is 3. The Morgan fingerprint density at radius 3 is 2.46 bits per heavy atom. The molecule has 1 atom stereocenters. The summed E-state index contributed by atoms with van der Waals surface area (Å²) in [4.78, 5) is 30.3. The number of amides is 3. The summed E-state index contributed by atoms with van der Waals surface area (Å²) in [7, 11) is 3.19. The number of aryl methyl sites for hydroxylation is 1. The average molecular weight is 536 g/mol. The highest BCUT2D eigenvalue weighted by atomic mass is 16.5. The predicted molar refractivity (Wildman–Crippen MR) is 148 cm³/mol. The minimum absolute atomic E-state index is 0.0792. The largest absolute Gasteiger partial charge is 0.493 e. The molecule has 9 nitrogen and oxygen atoms in total. The number of carbonyl (C=O) groups excluding carboxylic acids is 2. The number of nitrogens with one attached hydrogen (secondary N) is 1. The second-order valence-corrected chi connectivity index (χ2v) is 9.58. The molecule has 1 aromatic heterocycles. The van der Waals surface area contributed by atoms with Gasteiger partial charge in [0.1, 0.15) is 18.1 Å². The minimum Gasteiger partial charge on any atom is -0.493 e. The number of urea groups is 1. The maximum atomic E-state index is 13.7. The topological polar surface area (TPSA) is 93.5 Å². The zero-order valence-electron chi connectivity index (χ0n) is 22.9. The van der Waals surface area contributed by atoms with Crippen LogP contribution in [0.1, 0.15) is 29.9 Å². The van der Waals surface area contributed by atoms with Crippen LogP contribution in [0, 0.1) is 6.92 Å². The summed E-state index contributed by atoms with van der Waals surface area (Å²) in [5.41, 5.74) is 1.67. The van der Waals surface area contributed by atoms with Gasteiger partial charge in [-0.15, -0.1) is 0 Å². The fourth-order valence-corrected chi connectivity index (χ4v) is 4.59. The number of hydrogen-bond donors (Lipinski definition) is 1. The van der Waals surface area contributed by atoms with E-state index < -0.39 is 0 Å². The lowest BCUT2D eigenvalue weighted by Crippen LogP contribution is -2.47. The van der Waals surface area contributed by atoms with E-state index >= 15 is 0 Å². The highest BCUT2D eigenvalue weighted by molar-refractivity contribution is 5.92. The van der Waals surface area contributed by atoms with Gasteiger partial charge in [0.25, 0.3) is 0 Å². The van der Waals surface area contributed by atoms with Gasteiger partial charge in [0.15, 0.2) is 11.5 Å². The first-order valence-electron chi connectivity index (χ1n) is 13.2. The van der Waals surface area contributed by atoms with Crippen LogP contribution < -0.4 is 14.8 Å². The molecule has 3 amide bonds. The van der Waals surface area contributed by atoms with Gasteiger partial charge in [-0.3, -0.25) is 4.79 Å². The van der Waals surface area contributed by atoms with Crippen LogP contribution in [0.15, 0.2) is 65.1 Å². The molecule has 9 heteroatoms. The van der Waals surface area contributed by atoms with Crippen LogP contribution in [0.2, 0.25) is 0 Å². The van der Waals surface area contributed by atoms with Crippen molar-refractivity contribution in [2.45, 2.75) is 38.8 Å². The van der Waals surface area contributed by atoms with Gasteiger partial charge in [-0.1, -0.05) is 24.3 Å². The van der Waals surface area contributed by atoms with Gasteiger partial charge >= 0.3 is 6.03 Å². The Kier molecular flexibility index (Phi) is 9.85. The van der Waals surface area contributed by atoms with Crippen molar-refractivity contribution in [2.24, 2.45) is 0 Å². The summed E-state index contributed by atoms with van der Waals surface area (Å²) in [6.07, 6.45) is 2.31. The molecule has 2 heterocycles. The molecule has 1 N–H and O–H groups in total. The molecule has 0 spiro atoms. The predicted octanol–water partition coefficient (Wildman–Crippen LogP) is 4.89. The summed E-state index contributed by atoms with van der Waals surface area (Å²) in [6, 6.07) is 18.4. The third-order valence-electron chi connectivity index (χ3n) is 6.70. The van der Waals surface area contributed by atoms with E-state index in [-0.39, 0.29) is 24.6 Å². The molecular weight excluding hydrogens is 498 g/mol. The highest BCUT2D eigenvalue weighted by Crippen LogP contribution is 2.28. The van der Waals surface area contributed by atoms with Gasteiger partial charge in [-0.25, -0.2) is 4.79 Å². The van der Waals surface area contributed by atoms with Crippen LogP contribution in [0.4, 0.5) is 10.5 Å². The number of rotatable bonds is 12. The van der Waals surface area contributed by atoms with Gasteiger partial charge in [-0.05, 0) is 68.1 Å². The second-order valence-electron chi connectivity index (χ2n) is 9.58. The van der Waals surface area contributed by atoms with Gasteiger partial charge in [0, 0.05) is 25.4 Å². The van der Waals surface area contributed by atoms with Crippen LogP contribution in [0.5, 0.6) is 11.5 Å². The molecule has 0 radical (unpaired) electrons. The third kappa shape index (κ3) is 8.00. The van der Waals surface area contributed by atoms with Crippen LogP contribution in [-0.4, -0.2) is 68.3 Å². The van der Waals surface area contributed by atoms with Crippen molar-refractivity contribution in [3.8, 4) is 11.5 Å². The molecule has 1 aliphatic heterocycles. The zero-order chi connectivity index (χ0) is 27.6. The van der Waals surface area contributed by atoms with Gasteiger partial charge in [0.05, 0.1) is 26.9 Å². The average Bonchev–Trinajstić information content (AvgIpc) is 3.62. The number of methoxy groups -OCH3 is 2. The summed E-state index contributed by atoms with van der Waals surface area (Å²) >= 11 is 0. The maximum absolute atomic E-state index is 13.7. The molecule has 0 aliphatic carbocycles. The summed E-state index contributed by atoms with van der Waals surface area (Å²) in [5.74, 6) is 2.57. The van der Waals surface area contributed by atoms with Crippen LogP contribution in [0.25, 0.3) is 0 Å². The van der Waals surface area contributed by atoms with Crippen molar-refractivity contribution in [1.82, 2.24) is 9.80 Å². The standard InChI is InChI=1S/C30H37N3O6/c1-22-11-13-26(39-22)20-32(16-15-23-12-14-27(36-2)28(18-23)37-3)29(34)21-33(19-25-10-7-17-38-25)30(35)31-24-8-5-4-6-9-24/h4-6,8-9,11-14,18,25H,7,10,15-17,19-21H2,1-3H3,(H,31,35)/t25-/m0/s1. The highest BCUT2D eigenvalue weighted by Gasteiger charge is 2.27. The first kappa shape index (κ1) is 28.0. The van der Waals surface area contributed by atoms with Crippen LogP contribution >= 0.6 is 0 Å². The Labute approximate surface area is 229 Å². The molecule has 3 aromatic rings. The van der Waals surface area contributed by atoms with Crippen LogP contribution in [0.3, 0.4) is 0 Å². The van der Waals surface area contributed by atoms with E-state index in [0.29, 0.717) is 55.6 Å². The monoisotopic (exact) mass is 535 g/mol. The fraction of sp³-hybridized carbons (Fsp3) is 0.400. The Morgan fingerprint density at radius 2 is 1.79 bits per heavy atom. The molecule has 2 aromatic carbocycles. The Morgan fingerprint density at radius 1 is 1.00 bits per heavy atom. The van der Waals surface area contributed by atoms with E-state index in [1.54, 1.807) is 24.0 Å². The number of furan rings is 1. The molecule has 39 heavy (non-hydrogen) atoms. The van der Waals surface area contributed by atoms with Crippen molar-refractivity contribution in [1.29, 1.82) is 0 Å². The number of carbonyl (C=O) groups is 2. The molecule has 1 saturated heterocycles. The maximum Gasteiger partial charge on any atom is 0.322 e. The third-order valence-corrected chi connectivity index (χ3v) is 6.70. The first-order chi connectivity index (χ1) is 18.9. The lowest BCUT2D eigenvalue weighted by Gasteiger charge is -2.29. The lowest BCUT2D eigenvalue weighted by atomic mass is 10.1. The van der Waals surface area contributed by atoms with Crippen molar-refractivity contribution in [2.75, 3.05) is 45.8 Å². The molecule has 1 fully saturated rings. The molecule has 208 valence electrons. The van der Waals surface area contributed by atoms with E-state index in [1.807, 2.05) is 67.6 Å². The number of hydrogen-bond acceptors (Lipinski definition) is 6. The van der Waals surface area contributed by atoms with Crippen molar-refractivity contribution in [3.63, 3.8) is 0 Å². The van der Waals surface area contributed by atoms with Gasteiger partial charge in [0.2, 0.25) is 5.91 Å². The first-order valence-corrected chi connectivity index (χ1v) is 13.2. The molecule has 1 aliphatic rings. The Bertz CT molecular complexity index is 1220. The second kappa shape index (κ2) is 13.7. The lowest BCUT2D eigenvalue weighted by molar-refractivity contribution is -0.132. The van der Waals surface area contributed by atoms with Gasteiger partial charge < -0.3 is 33.7 Å². The number of para-hydroxylation sites is 1. The number of nitrogens with zero attached hydrogens (tertiary/aromatic N) is 2. The number of benzene rings is 2. The van der Waals surface area contributed by atoms with E-state index in [9.17, 15) is 9.59 Å². The molecule has 4 rings (SSSR count). The summed E-state index contributed by atoms with van der Waals surface area (Å²) < 4.78 is 22.3. The summed E-state index contributed by atoms with van der Waals surface area (Å²) in [6.45, 7) is 3.53. The van der Waals surface area contributed by atoms with Crippen molar-refractivity contribution in [3.05, 3.63) is 77.7 Å². The molecular formula is C30H37N3O6. The van der Waals surface area contributed by atoms with E-state index in [0.717, 1.165) is 24.2 Å². The molecule has 0 saturated carbocycles. The van der Waals surface area contributed by atoms with Gasteiger partial charge in [-0.2, -0.15) is 0 Å². The Balaban J connectivity index is 1.50.